The third kappa shape index (κ3) is 28.1. The van der Waals surface area contributed by atoms with Crippen molar-refractivity contribution >= 4 is 0 Å². The average molecular weight is 315 g/mol. The molecule has 0 amide bonds. The summed E-state index contributed by atoms with van der Waals surface area (Å²) in [6.45, 7) is 6.25. The minimum Gasteiger partial charge on any atom is -0.330 e. The van der Waals surface area contributed by atoms with Gasteiger partial charge in [0.25, 0.3) is 0 Å². The summed E-state index contributed by atoms with van der Waals surface area (Å²) in [6.07, 6.45) is 22.0. The second-order valence-electron chi connectivity index (χ2n) is 6.53. The monoisotopic (exact) mass is 314 g/mol. The molecule has 22 heavy (non-hydrogen) atoms. The average Bonchev–Trinajstić information content (AvgIpc) is 2.54. The van der Waals surface area contributed by atoms with Crippen LogP contribution in [0, 0.1) is 0 Å². The highest BCUT2D eigenvalue weighted by Gasteiger charge is 1.91. The summed E-state index contributed by atoms with van der Waals surface area (Å²) in [5.74, 6) is 0. The predicted octanol–water partition coefficient (Wildman–Crippen LogP) is 6.17. The van der Waals surface area contributed by atoms with Crippen molar-refractivity contribution in [3.8, 4) is 0 Å². The molecule has 0 aliphatic carbocycles. The first-order valence-electron chi connectivity index (χ1n) is 10.2. The summed E-state index contributed by atoms with van der Waals surface area (Å²) in [5, 5.41) is 0. The third-order valence-corrected chi connectivity index (χ3v) is 4.12. The first kappa shape index (κ1) is 24.2. The summed E-state index contributed by atoms with van der Waals surface area (Å²) in [6, 6.07) is 0. The van der Waals surface area contributed by atoms with Gasteiger partial charge in [0.05, 0.1) is 0 Å². The zero-order chi connectivity index (χ0) is 16.7. The van der Waals surface area contributed by atoms with E-state index in [1.807, 2.05) is 0 Å². The Hall–Kier alpha value is -0.0800. The van der Waals surface area contributed by atoms with Crippen LogP contribution in [0.25, 0.3) is 0 Å². The SMILES string of the molecule is CCCCCCCCCCCCN.CCCCCCCCN. The molecule has 0 saturated carbocycles. The van der Waals surface area contributed by atoms with Gasteiger partial charge in [0.2, 0.25) is 0 Å². The van der Waals surface area contributed by atoms with Crippen LogP contribution < -0.4 is 11.5 Å². The van der Waals surface area contributed by atoms with E-state index in [1.165, 1.54) is 103 Å². The summed E-state index contributed by atoms with van der Waals surface area (Å²) in [5.41, 5.74) is 10.8. The molecule has 4 N–H and O–H groups in total. The van der Waals surface area contributed by atoms with Crippen LogP contribution in [0.15, 0.2) is 0 Å². The van der Waals surface area contributed by atoms with Gasteiger partial charge in [-0.25, -0.2) is 0 Å². The molecular weight excluding hydrogens is 268 g/mol. The molecule has 0 aromatic heterocycles. The molecule has 0 aliphatic rings. The molecule has 2 heteroatoms. The van der Waals surface area contributed by atoms with Crippen molar-refractivity contribution in [2.24, 2.45) is 11.5 Å². The first-order valence-corrected chi connectivity index (χ1v) is 10.2. The van der Waals surface area contributed by atoms with Crippen LogP contribution in [-0.4, -0.2) is 13.1 Å². The van der Waals surface area contributed by atoms with E-state index in [-0.39, 0.29) is 0 Å². The first-order chi connectivity index (χ1) is 10.8. The molecule has 0 rings (SSSR count). The fourth-order valence-corrected chi connectivity index (χ4v) is 2.56. The quantitative estimate of drug-likeness (QED) is 0.335. The Morgan fingerprint density at radius 2 is 0.591 bits per heavy atom. The molecule has 0 unspecified atom stereocenters. The molecule has 0 fully saturated rings. The third-order valence-electron chi connectivity index (χ3n) is 4.12. The lowest BCUT2D eigenvalue weighted by molar-refractivity contribution is 0.558. The molecule has 0 bridgehead atoms. The minimum absolute atomic E-state index is 0.867. The zero-order valence-corrected chi connectivity index (χ0v) is 15.9. The molecule has 0 radical (unpaired) electrons. The number of nitrogens with two attached hydrogens (primary N) is 2. The molecule has 0 spiro atoms. The fourth-order valence-electron chi connectivity index (χ4n) is 2.56. The zero-order valence-electron chi connectivity index (χ0n) is 15.9. The normalized spacial score (nSPS) is 10.4. The molecule has 0 atom stereocenters. The van der Waals surface area contributed by atoms with Crippen molar-refractivity contribution in [1.82, 2.24) is 0 Å². The van der Waals surface area contributed by atoms with Gasteiger partial charge in [-0.05, 0) is 25.9 Å². The summed E-state index contributed by atoms with van der Waals surface area (Å²) in [7, 11) is 0. The van der Waals surface area contributed by atoms with Gasteiger partial charge in [-0.15, -0.1) is 0 Å². The lowest BCUT2D eigenvalue weighted by Gasteiger charge is -2.00. The van der Waals surface area contributed by atoms with Crippen LogP contribution in [0.4, 0.5) is 0 Å². The summed E-state index contributed by atoms with van der Waals surface area (Å²) < 4.78 is 0. The van der Waals surface area contributed by atoms with Gasteiger partial charge < -0.3 is 11.5 Å². The smallest absolute Gasteiger partial charge is 0.00773 e. The van der Waals surface area contributed by atoms with E-state index >= 15 is 0 Å². The number of hydrogen-bond donors (Lipinski definition) is 2. The van der Waals surface area contributed by atoms with Crippen molar-refractivity contribution in [1.29, 1.82) is 0 Å². The molecular formula is C20H46N2. The number of hydrogen-bond acceptors (Lipinski definition) is 2. The van der Waals surface area contributed by atoms with Gasteiger partial charge in [-0.1, -0.05) is 104 Å². The Kier molecular flexibility index (Phi) is 28.4. The van der Waals surface area contributed by atoms with Crippen LogP contribution in [-0.2, 0) is 0 Å². The Morgan fingerprint density at radius 1 is 0.364 bits per heavy atom. The van der Waals surface area contributed by atoms with Gasteiger partial charge in [0, 0.05) is 0 Å². The van der Waals surface area contributed by atoms with Crippen LogP contribution in [0.1, 0.15) is 117 Å². The standard InChI is InChI=1S/C12H27N.C8H19N/c1-2-3-4-5-6-7-8-9-10-11-12-13;1-2-3-4-5-6-7-8-9/h2-13H2,1H3;2-9H2,1H3. The van der Waals surface area contributed by atoms with Crippen molar-refractivity contribution in [3.05, 3.63) is 0 Å². The largest absolute Gasteiger partial charge is 0.330 e. The minimum atomic E-state index is 0.867. The molecule has 0 saturated heterocycles. The topological polar surface area (TPSA) is 52.0 Å². The van der Waals surface area contributed by atoms with E-state index in [4.69, 9.17) is 11.5 Å². The second kappa shape index (κ2) is 25.9. The predicted molar refractivity (Wildman–Crippen MR) is 103 cm³/mol. The van der Waals surface area contributed by atoms with Gasteiger partial charge in [-0.3, -0.25) is 0 Å². The molecule has 0 aromatic rings. The van der Waals surface area contributed by atoms with Gasteiger partial charge in [-0.2, -0.15) is 0 Å². The maximum atomic E-state index is 5.42. The van der Waals surface area contributed by atoms with Crippen molar-refractivity contribution < 1.29 is 0 Å². The van der Waals surface area contributed by atoms with Crippen molar-refractivity contribution in [3.63, 3.8) is 0 Å². The van der Waals surface area contributed by atoms with E-state index in [0.29, 0.717) is 0 Å². The van der Waals surface area contributed by atoms with E-state index in [2.05, 4.69) is 13.8 Å². The van der Waals surface area contributed by atoms with Crippen LogP contribution in [0.5, 0.6) is 0 Å². The Labute approximate surface area is 141 Å². The summed E-state index contributed by atoms with van der Waals surface area (Å²) >= 11 is 0. The molecule has 0 heterocycles. The van der Waals surface area contributed by atoms with E-state index in [9.17, 15) is 0 Å². The van der Waals surface area contributed by atoms with Crippen LogP contribution in [0.3, 0.4) is 0 Å². The molecule has 2 nitrogen and oxygen atoms in total. The van der Waals surface area contributed by atoms with E-state index in [0.717, 1.165) is 13.1 Å². The van der Waals surface area contributed by atoms with Gasteiger partial charge in [0.1, 0.15) is 0 Å². The van der Waals surface area contributed by atoms with Crippen LogP contribution in [0.2, 0.25) is 0 Å². The van der Waals surface area contributed by atoms with Gasteiger partial charge in [0.15, 0.2) is 0 Å². The number of rotatable bonds is 16. The van der Waals surface area contributed by atoms with E-state index in [1.54, 1.807) is 0 Å². The lowest BCUT2D eigenvalue weighted by atomic mass is 10.1. The molecule has 0 aromatic carbocycles. The van der Waals surface area contributed by atoms with Crippen molar-refractivity contribution in [2.75, 3.05) is 13.1 Å². The van der Waals surface area contributed by atoms with Gasteiger partial charge >= 0.3 is 0 Å². The van der Waals surface area contributed by atoms with E-state index < -0.39 is 0 Å². The highest BCUT2D eigenvalue weighted by atomic mass is 14.5. The Balaban J connectivity index is 0. The highest BCUT2D eigenvalue weighted by Crippen LogP contribution is 2.09. The molecule has 136 valence electrons. The Bertz CT molecular complexity index is 144. The highest BCUT2D eigenvalue weighted by molar-refractivity contribution is 4.47. The summed E-state index contributed by atoms with van der Waals surface area (Å²) in [4.78, 5) is 0. The van der Waals surface area contributed by atoms with Crippen molar-refractivity contribution in [2.45, 2.75) is 117 Å². The Morgan fingerprint density at radius 3 is 0.818 bits per heavy atom. The second-order valence-corrected chi connectivity index (χ2v) is 6.53. The lowest BCUT2D eigenvalue weighted by Crippen LogP contribution is -1.97. The molecule has 0 aliphatic heterocycles. The number of unbranched alkanes of at least 4 members (excludes halogenated alkanes) is 14. The fraction of sp³-hybridized carbons (Fsp3) is 1.00. The van der Waals surface area contributed by atoms with Crippen LogP contribution >= 0.6 is 0 Å². The maximum Gasteiger partial charge on any atom is -0.00773 e. The maximum absolute atomic E-state index is 5.42.